The van der Waals surface area contributed by atoms with Gasteiger partial charge in [-0.3, -0.25) is 0 Å². The van der Waals surface area contributed by atoms with Crippen LogP contribution in [-0.4, -0.2) is 5.11 Å². The topological polar surface area (TPSA) is 29.5 Å². The molecule has 2 heteroatoms. The van der Waals surface area contributed by atoms with E-state index >= 15 is 0 Å². The van der Waals surface area contributed by atoms with Crippen molar-refractivity contribution in [3.05, 3.63) is 48.6 Å². The van der Waals surface area contributed by atoms with Crippen molar-refractivity contribution in [1.82, 2.24) is 0 Å². The van der Waals surface area contributed by atoms with E-state index in [1.807, 2.05) is 24.3 Å². The Kier molecular flexibility index (Phi) is 4.21. The van der Waals surface area contributed by atoms with Gasteiger partial charge in [0.05, 0.1) is 6.26 Å². The summed E-state index contributed by atoms with van der Waals surface area (Å²) in [7, 11) is 0. The van der Waals surface area contributed by atoms with Crippen LogP contribution in [0.3, 0.4) is 0 Å². The molecule has 0 aliphatic carbocycles. The number of benzene rings is 1. The van der Waals surface area contributed by atoms with Crippen molar-refractivity contribution in [2.45, 2.75) is 38.4 Å². The van der Waals surface area contributed by atoms with Crippen molar-refractivity contribution in [1.29, 1.82) is 0 Å². The van der Waals surface area contributed by atoms with Crippen LogP contribution in [0.2, 0.25) is 0 Å². The van der Waals surface area contributed by atoms with Crippen molar-refractivity contribution >= 4 is 5.57 Å². The van der Waals surface area contributed by atoms with E-state index in [0.29, 0.717) is 0 Å². The lowest BCUT2D eigenvalue weighted by Gasteiger charge is -2.22. The molecule has 1 aromatic carbocycles. The molecule has 1 aliphatic heterocycles. The zero-order valence-electron chi connectivity index (χ0n) is 10.1. The number of hydrogen-bond acceptors (Lipinski definition) is 2. The molecule has 1 atom stereocenters. The third-order valence-corrected chi connectivity index (χ3v) is 3.11. The SMILES string of the molecule is [CH2]CCCCCC1=COC(O)c2ccccc21. The minimum Gasteiger partial charge on any atom is -0.468 e. The van der Waals surface area contributed by atoms with Crippen LogP contribution in [-0.2, 0) is 4.74 Å². The molecule has 0 saturated carbocycles. The Labute approximate surface area is 103 Å². The second kappa shape index (κ2) is 5.87. The molecule has 1 unspecified atom stereocenters. The molecule has 2 nitrogen and oxygen atoms in total. The van der Waals surface area contributed by atoms with Crippen molar-refractivity contribution < 1.29 is 9.84 Å². The molecule has 0 bridgehead atoms. The summed E-state index contributed by atoms with van der Waals surface area (Å²) >= 11 is 0. The second-order valence-corrected chi connectivity index (χ2v) is 4.38. The molecular weight excluding hydrogens is 212 g/mol. The maximum absolute atomic E-state index is 9.71. The van der Waals surface area contributed by atoms with E-state index in [1.54, 1.807) is 6.26 Å². The molecule has 91 valence electrons. The van der Waals surface area contributed by atoms with E-state index in [-0.39, 0.29) is 0 Å². The first-order valence-corrected chi connectivity index (χ1v) is 6.24. The van der Waals surface area contributed by atoms with Crippen LogP contribution < -0.4 is 0 Å². The van der Waals surface area contributed by atoms with Crippen molar-refractivity contribution in [2.75, 3.05) is 0 Å². The summed E-state index contributed by atoms with van der Waals surface area (Å²) in [5.74, 6) is 0. The third-order valence-electron chi connectivity index (χ3n) is 3.11. The highest BCUT2D eigenvalue weighted by Gasteiger charge is 2.19. The lowest BCUT2D eigenvalue weighted by atomic mass is 9.94. The van der Waals surface area contributed by atoms with Gasteiger partial charge in [0.25, 0.3) is 0 Å². The first-order chi connectivity index (χ1) is 8.33. The van der Waals surface area contributed by atoms with E-state index in [4.69, 9.17) is 4.74 Å². The van der Waals surface area contributed by atoms with Gasteiger partial charge in [-0.2, -0.15) is 0 Å². The summed E-state index contributed by atoms with van der Waals surface area (Å²) in [6.07, 6.45) is 6.43. The second-order valence-electron chi connectivity index (χ2n) is 4.38. The molecule has 1 aromatic rings. The monoisotopic (exact) mass is 231 g/mol. The largest absolute Gasteiger partial charge is 0.468 e. The molecule has 0 saturated heterocycles. The molecule has 1 N–H and O–H groups in total. The van der Waals surface area contributed by atoms with E-state index in [1.165, 1.54) is 18.4 Å². The van der Waals surface area contributed by atoms with Crippen LogP contribution in [0.25, 0.3) is 5.57 Å². The van der Waals surface area contributed by atoms with Crippen LogP contribution in [0.1, 0.15) is 49.5 Å². The van der Waals surface area contributed by atoms with Gasteiger partial charge in [0, 0.05) is 5.56 Å². The summed E-state index contributed by atoms with van der Waals surface area (Å²) in [6.45, 7) is 3.84. The van der Waals surface area contributed by atoms with Gasteiger partial charge in [0.1, 0.15) is 0 Å². The van der Waals surface area contributed by atoms with Gasteiger partial charge in [-0.05, 0) is 24.0 Å². The number of unbranched alkanes of at least 4 members (excludes halogenated alkanes) is 3. The Morgan fingerprint density at radius 3 is 2.82 bits per heavy atom. The molecule has 1 radical (unpaired) electrons. The first-order valence-electron chi connectivity index (χ1n) is 6.24. The molecule has 1 heterocycles. The minimum absolute atomic E-state index is 0.810. The Morgan fingerprint density at radius 2 is 2.00 bits per heavy atom. The summed E-state index contributed by atoms with van der Waals surface area (Å²) in [5, 5.41) is 9.71. The molecule has 0 fully saturated rings. The Balaban J connectivity index is 2.04. The molecule has 0 amide bonds. The average molecular weight is 231 g/mol. The number of aliphatic hydroxyl groups is 1. The lowest BCUT2D eigenvalue weighted by molar-refractivity contribution is -0.0563. The average Bonchev–Trinajstić information content (AvgIpc) is 2.37. The van der Waals surface area contributed by atoms with Gasteiger partial charge in [-0.25, -0.2) is 0 Å². The van der Waals surface area contributed by atoms with Crippen LogP contribution in [0.5, 0.6) is 0 Å². The fourth-order valence-corrected chi connectivity index (χ4v) is 2.15. The van der Waals surface area contributed by atoms with Crippen LogP contribution in [0.15, 0.2) is 30.5 Å². The molecular formula is C15H19O2. The summed E-state index contributed by atoms with van der Waals surface area (Å²) in [6, 6.07) is 7.90. The highest BCUT2D eigenvalue weighted by molar-refractivity contribution is 5.68. The lowest BCUT2D eigenvalue weighted by Crippen LogP contribution is -2.08. The number of fused-ring (bicyclic) bond motifs is 1. The fraction of sp³-hybridized carbons (Fsp3) is 0.400. The number of rotatable bonds is 5. The van der Waals surface area contributed by atoms with E-state index in [2.05, 4.69) is 6.92 Å². The molecule has 1 aliphatic rings. The quantitative estimate of drug-likeness (QED) is 0.780. The predicted molar refractivity (Wildman–Crippen MR) is 68.9 cm³/mol. The normalized spacial score (nSPS) is 18.2. The van der Waals surface area contributed by atoms with Gasteiger partial charge < -0.3 is 9.84 Å². The first kappa shape index (κ1) is 12.2. The summed E-state index contributed by atoms with van der Waals surface area (Å²) < 4.78 is 5.26. The number of allylic oxidation sites excluding steroid dienone is 1. The zero-order chi connectivity index (χ0) is 12.1. The van der Waals surface area contributed by atoms with E-state index in [9.17, 15) is 5.11 Å². The van der Waals surface area contributed by atoms with E-state index in [0.717, 1.165) is 30.4 Å². The van der Waals surface area contributed by atoms with Crippen LogP contribution >= 0.6 is 0 Å². The Morgan fingerprint density at radius 1 is 1.18 bits per heavy atom. The molecule has 2 rings (SSSR count). The maximum atomic E-state index is 9.71. The van der Waals surface area contributed by atoms with Crippen LogP contribution in [0, 0.1) is 6.92 Å². The Bertz CT molecular complexity index is 396. The van der Waals surface area contributed by atoms with Crippen molar-refractivity contribution in [2.24, 2.45) is 0 Å². The van der Waals surface area contributed by atoms with Gasteiger partial charge in [0.15, 0.2) is 0 Å². The Hall–Kier alpha value is -1.28. The van der Waals surface area contributed by atoms with Gasteiger partial charge >= 0.3 is 0 Å². The summed E-state index contributed by atoms with van der Waals surface area (Å²) in [4.78, 5) is 0. The van der Waals surface area contributed by atoms with Crippen molar-refractivity contribution in [3.8, 4) is 0 Å². The van der Waals surface area contributed by atoms with Crippen LogP contribution in [0.4, 0.5) is 0 Å². The third kappa shape index (κ3) is 2.89. The highest BCUT2D eigenvalue weighted by atomic mass is 16.6. The minimum atomic E-state index is -0.810. The maximum Gasteiger partial charge on any atom is 0.223 e. The fourth-order valence-electron chi connectivity index (χ4n) is 2.15. The van der Waals surface area contributed by atoms with Gasteiger partial charge in [0.2, 0.25) is 6.29 Å². The van der Waals surface area contributed by atoms with Gasteiger partial charge in [-0.15, -0.1) is 0 Å². The summed E-state index contributed by atoms with van der Waals surface area (Å²) in [5.41, 5.74) is 3.19. The predicted octanol–water partition coefficient (Wildman–Crippen LogP) is 3.83. The molecule has 0 spiro atoms. The van der Waals surface area contributed by atoms with Crippen molar-refractivity contribution in [3.63, 3.8) is 0 Å². The molecule has 0 aromatic heterocycles. The molecule has 17 heavy (non-hydrogen) atoms. The number of hydrogen-bond donors (Lipinski definition) is 1. The standard InChI is InChI=1S/C15H19O2/c1-2-3-4-5-8-12-11-17-15(16)14-10-7-6-9-13(12)14/h6-7,9-11,15-16H,1-5,8H2. The zero-order valence-corrected chi connectivity index (χ0v) is 10.1. The van der Waals surface area contributed by atoms with Gasteiger partial charge in [-0.1, -0.05) is 50.5 Å². The highest BCUT2D eigenvalue weighted by Crippen LogP contribution is 2.33. The van der Waals surface area contributed by atoms with E-state index < -0.39 is 6.29 Å². The smallest absolute Gasteiger partial charge is 0.223 e. The number of ether oxygens (including phenoxy) is 1. The number of aliphatic hydroxyl groups excluding tert-OH is 1.